The molecule has 1 aromatic carbocycles. The van der Waals surface area contributed by atoms with E-state index in [0.29, 0.717) is 18.1 Å². The molecule has 0 amide bonds. The van der Waals surface area contributed by atoms with E-state index >= 15 is 0 Å². The van der Waals surface area contributed by atoms with Crippen LogP contribution in [0.1, 0.15) is 31.9 Å². The van der Waals surface area contributed by atoms with E-state index in [2.05, 4.69) is 54.5 Å². The van der Waals surface area contributed by atoms with Crippen LogP contribution in [0.2, 0.25) is 0 Å². The van der Waals surface area contributed by atoms with Crippen LogP contribution in [0.4, 0.5) is 5.69 Å². The monoisotopic (exact) mass is 259 g/mol. The summed E-state index contributed by atoms with van der Waals surface area (Å²) in [6, 6.07) is 8.52. The second-order valence-electron chi connectivity index (χ2n) is 6.27. The van der Waals surface area contributed by atoms with Gasteiger partial charge in [0.25, 0.3) is 0 Å². The maximum absolute atomic E-state index is 3.61. The highest BCUT2D eigenvalue weighted by atomic mass is 15.2. The van der Waals surface area contributed by atoms with E-state index in [1.807, 2.05) is 0 Å². The van der Waals surface area contributed by atoms with Crippen LogP contribution in [0.5, 0.6) is 0 Å². The molecule has 2 aliphatic heterocycles. The van der Waals surface area contributed by atoms with Gasteiger partial charge in [-0.05, 0) is 44.4 Å². The fourth-order valence-corrected chi connectivity index (χ4v) is 3.50. The molecule has 1 saturated heterocycles. The minimum absolute atomic E-state index is 0.568. The highest BCUT2D eigenvalue weighted by molar-refractivity contribution is 5.58. The first-order chi connectivity index (χ1) is 9.13. The lowest BCUT2D eigenvalue weighted by Gasteiger charge is -2.40. The zero-order valence-electron chi connectivity index (χ0n) is 12.2. The molecule has 3 atom stereocenters. The molecule has 0 radical (unpaired) electrons. The Kier molecular flexibility index (Phi) is 3.50. The van der Waals surface area contributed by atoms with Crippen LogP contribution < -0.4 is 15.5 Å². The zero-order valence-corrected chi connectivity index (χ0v) is 12.2. The maximum atomic E-state index is 3.61. The number of anilines is 1. The second-order valence-corrected chi connectivity index (χ2v) is 6.27. The summed E-state index contributed by atoms with van der Waals surface area (Å²) in [5.41, 5.74) is 4.51. The summed E-state index contributed by atoms with van der Waals surface area (Å²) in [7, 11) is 0. The number of nitrogens with one attached hydrogen (secondary N) is 2. The van der Waals surface area contributed by atoms with Crippen molar-refractivity contribution in [3.8, 4) is 0 Å². The van der Waals surface area contributed by atoms with Crippen molar-refractivity contribution in [3.63, 3.8) is 0 Å². The van der Waals surface area contributed by atoms with E-state index < -0.39 is 0 Å². The molecule has 1 aromatic rings. The van der Waals surface area contributed by atoms with Gasteiger partial charge in [0.15, 0.2) is 0 Å². The summed E-state index contributed by atoms with van der Waals surface area (Å²) in [5.74, 6) is 0. The minimum Gasteiger partial charge on any atom is -0.368 e. The van der Waals surface area contributed by atoms with Gasteiger partial charge in [-0.15, -0.1) is 0 Å². The Morgan fingerprint density at radius 3 is 2.53 bits per heavy atom. The van der Waals surface area contributed by atoms with Crippen LogP contribution in [-0.2, 0) is 13.0 Å². The third-order valence-electron chi connectivity index (χ3n) is 4.30. The Labute approximate surface area is 116 Å². The zero-order chi connectivity index (χ0) is 13.4. The molecule has 0 saturated carbocycles. The van der Waals surface area contributed by atoms with Crippen LogP contribution in [0, 0.1) is 0 Å². The number of piperazine rings is 1. The van der Waals surface area contributed by atoms with Gasteiger partial charge >= 0.3 is 0 Å². The lowest BCUT2D eigenvalue weighted by atomic mass is 9.93. The SMILES string of the molecule is CC1Cc2c(cccc2N2C[C@@H](C)N[C@@H](C)C2)CN1. The molecule has 0 bridgehead atoms. The molecule has 2 heterocycles. The van der Waals surface area contributed by atoms with Crippen molar-refractivity contribution in [1.29, 1.82) is 0 Å². The molecule has 2 N–H and O–H groups in total. The van der Waals surface area contributed by atoms with Crippen molar-refractivity contribution < 1.29 is 0 Å². The molecular formula is C16H25N3. The summed E-state index contributed by atoms with van der Waals surface area (Å²) in [5, 5.41) is 7.17. The van der Waals surface area contributed by atoms with Gasteiger partial charge in [0.1, 0.15) is 0 Å². The van der Waals surface area contributed by atoms with E-state index in [9.17, 15) is 0 Å². The van der Waals surface area contributed by atoms with Crippen LogP contribution in [0.15, 0.2) is 18.2 Å². The Balaban J connectivity index is 1.92. The smallest absolute Gasteiger partial charge is 0.0403 e. The lowest BCUT2D eigenvalue weighted by molar-refractivity contribution is 0.405. The van der Waals surface area contributed by atoms with Crippen molar-refractivity contribution in [1.82, 2.24) is 10.6 Å². The Morgan fingerprint density at radius 1 is 1.05 bits per heavy atom. The molecule has 3 nitrogen and oxygen atoms in total. The Hall–Kier alpha value is -1.06. The van der Waals surface area contributed by atoms with Gasteiger partial charge in [-0.1, -0.05) is 12.1 Å². The van der Waals surface area contributed by atoms with Crippen molar-refractivity contribution in [2.45, 2.75) is 51.9 Å². The molecule has 1 unspecified atom stereocenters. The second kappa shape index (κ2) is 5.14. The largest absolute Gasteiger partial charge is 0.368 e. The van der Waals surface area contributed by atoms with Gasteiger partial charge in [0.05, 0.1) is 0 Å². The maximum Gasteiger partial charge on any atom is 0.0403 e. The first kappa shape index (κ1) is 12.9. The molecule has 0 spiro atoms. The lowest BCUT2D eigenvalue weighted by Crippen LogP contribution is -2.54. The Morgan fingerprint density at radius 2 is 1.79 bits per heavy atom. The third kappa shape index (κ3) is 2.63. The topological polar surface area (TPSA) is 27.3 Å². The van der Waals surface area contributed by atoms with Crippen molar-refractivity contribution in [3.05, 3.63) is 29.3 Å². The van der Waals surface area contributed by atoms with E-state index in [-0.39, 0.29) is 0 Å². The molecule has 19 heavy (non-hydrogen) atoms. The quantitative estimate of drug-likeness (QED) is 0.807. The van der Waals surface area contributed by atoms with Gasteiger partial charge in [-0.3, -0.25) is 0 Å². The summed E-state index contributed by atoms with van der Waals surface area (Å²) < 4.78 is 0. The van der Waals surface area contributed by atoms with Gasteiger partial charge in [-0.25, -0.2) is 0 Å². The number of rotatable bonds is 1. The number of nitrogens with zero attached hydrogens (tertiary/aromatic N) is 1. The molecule has 2 aliphatic rings. The standard InChI is InChI=1S/C16H25N3/c1-11-7-15-14(8-17-11)5-4-6-16(15)19-9-12(2)18-13(3)10-19/h4-6,11-13,17-18H,7-10H2,1-3H3/t11?,12-,13+. The molecule has 0 aliphatic carbocycles. The number of benzene rings is 1. The first-order valence-electron chi connectivity index (χ1n) is 7.48. The molecule has 1 fully saturated rings. The van der Waals surface area contributed by atoms with E-state index in [4.69, 9.17) is 0 Å². The summed E-state index contributed by atoms with van der Waals surface area (Å²) in [4.78, 5) is 2.57. The fourth-order valence-electron chi connectivity index (χ4n) is 3.50. The third-order valence-corrected chi connectivity index (χ3v) is 4.30. The average molecular weight is 259 g/mol. The summed E-state index contributed by atoms with van der Waals surface area (Å²) >= 11 is 0. The number of hydrogen-bond donors (Lipinski definition) is 2. The van der Waals surface area contributed by atoms with E-state index in [1.165, 1.54) is 11.3 Å². The van der Waals surface area contributed by atoms with E-state index in [1.54, 1.807) is 5.56 Å². The van der Waals surface area contributed by atoms with Crippen LogP contribution in [0.25, 0.3) is 0 Å². The first-order valence-corrected chi connectivity index (χ1v) is 7.48. The normalized spacial score (nSPS) is 31.1. The number of hydrogen-bond acceptors (Lipinski definition) is 3. The number of fused-ring (bicyclic) bond motifs is 1. The van der Waals surface area contributed by atoms with Crippen LogP contribution >= 0.6 is 0 Å². The highest BCUT2D eigenvalue weighted by Gasteiger charge is 2.25. The summed E-state index contributed by atoms with van der Waals surface area (Å²) in [6.45, 7) is 10.1. The molecule has 3 heteroatoms. The minimum atomic E-state index is 0.568. The molecule has 3 rings (SSSR count). The predicted molar refractivity (Wildman–Crippen MR) is 80.7 cm³/mol. The molecule has 0 aromatic heterocycles. The van der Waals surface area contributed by atoms with Gasteiger partial charge < -0.3 is 15.5 Å². The summed E-state index contributed by atoms with van der Waals surface area (Å²) in [6.07, 6.45) is 1.15. The van der Waals surface area contributed by atoms with Gasteiger partial charge in [0, 0.05) is 43.4 Å². The predicted octanol–water partition coefficient (Wildman–Crippen LogP) is 1.91. The van der Waals surface area contributed by atoms with Crippen LogP contribution in [-0.4, -0.2) is 31.2 Å². The van der Waals surface area contributed by atoms with E-state index in [0.717, 1.165) is 26.1 Å². The van der Waals surface area contributed by atoms with Crippen molar-refractivity contribution in [2.24, 2.45) is 0 Å². The Bertz CT molecular complexity index is 447. The van der Waals surface area contributed by atoms with Crippen molar-refractivity contribution >= 4 is 5.69 Å². The molecule has 104 valence electrons. The van der Waals surface area contributed by atoms with Crippen LogP contribution in [0.3, 0.4) is 0 Å². The van der Waals surface area contributed by atoms with Gasteiger partial charge in [0.2, 0.25) is 0 Å². The van der Waals surface area contributed by atoms with Gasteiger partial charge in [-0.2, -0.15) is 0 Å². The molecular weight excluding hydrogens is 234 g/mol. The fraction of sp³-hybridized carbons (Fsp3) is 0.625. The average Bonchev–Trinajstić information content (AvgIpc) is 2.36. The van der Waals surface area contributed by atoms with Crippen molar-refractivity contribution in [2.75, 3.05) is 18.0 Å². The highest BCUT2D eigenvalue weighted by Crippen LogP contribution is 2.29.